The molecule has 8 heteroatoms. The summed E-state index contributed by atoms with van der Waals surface area (Å²) in [4.78, 5) is 15.5. The summed E-state index contributed by atoms with van der Waals surface area (Å²) >= 11 is 0. The van der Waals surface area contributed by atoms with Gasteiger partial charge in [0.25, 0.3) is 0 Å². The van der Waals surface area contributed by atoms with E-state index in [4.69, 9.17) is 0 Å². The fraction of sp³-hybridized carbons (Fsp3) is 0.214. The van der Waals surface area contributed by atoms with E-state index in [9.17, 15) is 20.1 Å². The first kappa shape index (κ1) is 13.9. The fourth-order valence-corrected chi connectivity index (χ4v) is 2.27. The van der Waals surface area contributed by atoms with Crippen molar-refractivity contribution in [2.24, 2.45) is 0 Å². The molecule has 1 aromatic carbocycles. The first-order chi connectivity index (χ1) is 10.5. The number of fused-ring (bicyclic) bond motifs is 1. The van der Waals surface area contributed by atoms with Gasteiger partial charge in [0.1, 0.15) is 11.7 Å². The minimum atomic E-state index is -1.11. The van der Waals surface area contributed by atoms with Crippen LogP contribution in [0.1, 0.15) is 24.4 Å². The van der Waals surface area contributed by atoms with Gasteiger partial charge in [0.05, 0.1) is 0 Å². The van der Waals surface area contributed by atoms with Crippen molar-refractivity contribution in [1.82, 2.24) is 14.8 Å². The third-order valence-corrected chi connectivity index (χ3v) is 3.40. The number of carbonyl (C=O) groups is 1. The van der Waals surface area contributed by atoms with E-state index < -0.39 is 12.0 Å². The molecule has 0 unspecified atom stereocenters. The van der Waals surface area contributed by atoms with Crippen LogP contribution in [0.3, 0.4) is 0 Å². The number of nitrogens with zero attached hydrogens (tertiary/aromatic N) is 3. The third-order valence-electron chi connectivity index (χ3n) is 3.40. The van der Waals surface area contributed by atoms with Crippen molar-refractivity contribution in [2.45, 2.75) is 19.4 Å². The van der Waals surface area contributed by atoms with Crippen molar-refractivity contribution >= 4 is 11.9 Å². The van der Waals surface area contributed by atoms with E-state index in [1.54, 1.807) is 10.7 Å². The molecule has 0 spiro atoms. The molecule has 0 saturated heterocycles. The number of aromatic nitrogens is 3. The second kappa shape index (κ2) is 5.06. The first-order valence-corrected chi connectivity index (χ1v) is 6.69. The molecular formula is C14H14N4O4. The third kappa shape index (κ3) is 2.24. The Kier molecular flexibility index (Phi) is 3.21. The maximum atomic E-state index is 11.3. The standard InChI is InChI=1S/C14H14N4O4/c1-2-12-16-14-15-8(13(21)22)6-9(18(14)17-12)7-3-4-10(19)11(20)5-7/h3-6,9,19-20H,2H2,1H3,(H,21,22)(H,15,16,17)/t9-/m1/s1. The number of aryl methyl sites for hydroxylation is 1. The van der Waals surface area contributed by atoms with Crippen LogP contribution in [-0.4, -0.2) is 36.1 Å². The van der Waals surface area contributed by atoms with Gasteiger partial charge in [-0.3, -0.25) is 0 Å². The lowest BCUT2D eigenvalue weighted by Crippen LogP contribution is -2.24. The number of hydrogen-bond donors (Lipinski definition) is 4. The minimum Gasteiger partial charge on any atom is -0.504 e. The summed E-state index contributed by atoms with van der Waals surface area (Å²) in [5.74, 6) is -0.725. The van der Waals surface area contributed by atoms with Crippen LogP contribution < -0.4 is 5.32 Å². The monoisotopic (exact) mass is 302 g/mol. The largest absolute Gasteiger partial charge is 0.504 e. The van der Waals surface area contributed by atoms with E-state index in [1.807, 2.05) is 6.92 Å². The Morgan fingerprint density at radius 2 is 2.14 bits per heavy atom. The molecule has 2 aromatic rings. The zero-order chi connectivity index (χ0) is 15.9. The lowest BCUT2D eigenvalue weighted by atomic mass is 10.0. The predicted octanol–water partition coefficient (Wildman–Crippen LogP) is 1.24. The van der Waals surface area contributed by atoms with Crippen LogP contribution in [-0.2, 0) is 11.2 Å². The highest BCUT2D eigenvalue weighted by atomic mass is 16.4. The number of rotatable bonds is 3. The van der Waals surface area contributed by atoms with E-state index in [0.717, 1.165) is 0 Å². The van der Waals surface area contributed by atoms with Crippen molar-refractivity contribution in [3.05, 3.63) is 41.4 Å². The second-order valence-electron chi connectivity index (χ2n) is 4.85. The highest BCUT2D eigenvalue weighted by molar-refractivity contribution is 5.90. The van der Waals surface area contributed by atoms with E-state index in [1.165, 1.54) is 18.2 Å². The smallest absolute Gasteiger partial charge is 0.352 e. The zero-order valence-corrected chi connectivity index (χ0v) is 11.7. The molecular weight excluding hydrogens is 288 g/mol. The van der Waals surface area contributed by atoms with Gasteiger partial charge in [-0.25, -0.2) is 9.48 Å². The summed E-state index contributed by atoms with van der Waals surface area (Å²) in [7, 11) is 0. The maximum Gasteiger partial charge on any atom is 0.352 e. The summed E-state index contributed by atoms with van der Waals surface area (Å²) in [6, 6.07) is 3.77. The highest BCUT2D eigenvalue weighted by Gasteiger charge is 2.27. The number of hydrogen-bond acceptors (Lipinski definition) is 6. The molecule has 1 aliphatic rings. The van der Waals surface area contributed by atoms with E-state index in [2.05, 4.69) is 15.4 Å². The van der Waals surface area contributed by atoms with Gasteiger partial charge in [-0.1, -0.05) is 13.0 Å². The van der Waals surface area contributed by atoms with Crippen LogP contribution in [0.4, 0.5) is 5.95 Å². The molecule has 1 aromatic heterocycles. The van der Waals surface area contributed by atoms with E-state index in [0.29, 0.717) is 23.8 Å². The summed E-state index contributed by atoms with van der Waals surface area (Å²) < 4.78 is 1.55. The molecule has 1 atom stereocenters. The number of aliphatic carboxylic acids is 1. The molecule has 4 N–H and O–H groups in total. The molecule has 0 fully saturated rings. The molecule has 0 aliphatic carbocycles. The Labute approximate surface area is 125 Å². The zero-order valence-electron chi connectivity index (χ0n) is 11.7. The lowest BCUT2D eigenvalue weighted by Gasteiger charge is -2.22. The highest BCUT2D eigenvalue weighted by Crippen LogP contribution is 2.33. The Morgan fingerprint density at radius 1 is 1.36 bits per heavy atom. The molecule has 8 nitrogen and oxygen atoms in total. The Hall–Kier alpha value is -3.03. The van der Waals surface area contributed by atoms with Gasteiger partial charge in [-0.15, -0.1) is 0 Å². The average Bonchev–Trinajstić information content (AvgIpc) is 2.92. The van der Waals surface area contributed by atoms with Gasteiger partial charge >= 0.3 is 5.97 Å². The van der Waals surface area contributed by atoms with Gasteiger partial charge < -0.3 is 20.6 Å². The number of anilines is 1. The van der Waals surface area contributed by atoms with Crippen LogP contribution in [0.5, 0.6) is 11.5 Å². The lowest BCUT2D eigenvalue weighted by molar-refractivity contribution is -0.132. The SMILES string of the molecule is CCc1nc2n(n1)[C@@H](c1ccc(O)c(O)c1)C=C(C(=O)O)N2. The van der Waals surface area contributed by atoms with Crippen molar-refractivity contribution in [2.75, 3.05) is 5.32 Å². The first-order valence-electron chi connectivity index (χ1n) is 6.69. The number of phenols is 2. The molecule has 1 aliphatic heterocycles. The van der Waals surface area contributed by atoms with Gasteiger partial charge in [-0.2, -0.15) is 10.1 Å². The quantitative estimate of drug-likeness (QED) is 0.629. The number of benzene rings is 1. The van der Waals surface area contributed by atoms with Crippen LogP contribution in [0.25, 0.3) is 0 Å². The average molecular weight is 302 g/mol. The molecule has 22 heavy (non-hydrogen) atoms. The van der Waals surface area contributed by atoms with Crippen LogP contribution in [0, 0.1) is 0 Å². The molecule has 0 bridgehead atoms. The number of carboxylic acid groups (broad SMARTS) is 1. The molecule has 114 valence electrons. The molecule has 0 radical (unpaired) electrons. The molecule has 0 amide bonds. The summed E-state index contributed by atoms with van der Waals surface area (Å²) in [5.41, 5.74) is 0.574. The number of carboxylic acids is 1. The second-order valence-corrected chi connectivity index (χ2v) is 4.85. The Balaban J connectivity index is 2.13. The van der Waals surface area contributed by atoms with Crippen LogP contribution in [0.2, 0.25) is 0 Å². The normalized spacial score (nSPS) is 16.6. The minimum absolute atomic E-state index is 0.0138. The maximum absolute atomic E-state index is 11.3. The summed E-state index contributed by atoms with van der Waals surface area (Å²) in [5, 5.41) is 35.3. The number of aromatic hydroxyl groups is 2. The Morgan fingerprint density at radius 3 is 2.77 bits per heavy atom. The Bertz CT molecular complexity index is 781. The molecule has 3 rings (SSSR count). The van der Waals surface area contributed by atoms with E-state index >= 15 is 0 Å². The van der Waals surface area contributed by atoms with Gasteiger partial charge in [0, 0.05) is 6.42 Å². The van der Waals surface area contributed by atoms with Crippen molar-refractivity contribution < 1.29 is 20.1 Å². The number of nitrogens with one attached hydrogen (secondary N) is 1. The molecule has 0 saturated carbocycles. The van der Waals surface area contributed by atoms with Crippen LogP contribution in [0.15, 0.2) is 30.0 Å². The number of allylic oxidation sites excluding steroid dienone is 1. The van der Waals surface area contributed by atoms with Crippen molar-refractivity contribution in [1.29, 1.82) is 0 Å². The summed E-state index contributed by atoms with van der Waals surface area (Å²) in [6.45, 7) is 1.90. The van der Waals surface area contributed by atoms with E-state index in [-0.39, 0.29) is 17.2 Å². The van der Waals surface area contributed by atoms with Crippen molar-refractivity contribution in [3.8, 4) is 11.5 Å². The topological polar surface area (TPSA) is 121 Å². The van der Waals surface area contributed by atoms with Gasteiger partial charge in [-0.05, 0) is 23.8 Å². The number of phenolic OH excluding ortho intramolecular Hbond substituents is 2. The van der Waals surface area contributed by atoms with Gasteiger partial charge in [0.2, 0.25) is 5.95 Å². The predicted molar refractivity (Wildman–Crippen MR) is 76.7 cm³/mol. The molecule has 2 heterocycles. The summed E-state index contributed by atoms with van der Waals surface area (Å²) in [6.07, 6.45) is 2.09. The van der Waals surface area contributed by atoms with Gasteiger partial charge in [0.15, 0.2) is 17.3 Å². The van der Waals surface area contributed by atoms with Crippen molar-refractivity contribution in [3.63, 3.8) is 0 Å². The van der Waals surface area contributed by atoms with Crippen LogP contribution >= 0.6 is 0 Å². The fourth-order valence-electron chi connectivity index (χ4n) is 2.27.